The van der Waals surface area contributed by atoms with Crippen LogP contribution in [-0.4, -0.2) is 8.07 Å². The summed E-state index contributed by atoms with van der Waals surface area (Å²) in [6.45, 7) is 18.8. The number of aromatic nitrogens is 1. The Bertz CT molecular complexity index is 751. The van der Waals surface area contributed by atoms with Crippen molar-refractivity contribution in [1.29, 1.82) is 0 Å². The Morgan fingerprint density at radius 1 is 1.00 bits per heavy atom. The molecule has 0 saturated heterocycles. The van der Waals surface area contributed by atoms with Gasteiger partial charge in [0.05, 0.1) is 8.07 Å². The fraction of sp³-hybridized carbons (Fsp3) is 0.522. The van der Waals surface area contributed by atoms with Gasteiger partial charge < -0.3 is 0 Å². The summed E-state index contributed by atoms with van der Waals surface area (Å²) < 4.78 is 2.34. The lowest BCUT2D eigenvalue weighted by atomic mass is 9.95. The lowest BCUT2D eigenvalue weighted by Crippen LogP contribution is -2.47. The fourth-order valence-corrected chi connectivity index (χ4v) is 5.46. The summed E-state index contributed by atoms with van der Waals surface area (Å²) in [6, 6.07) is 9.45. The van der Waals surface area contributed by atoms with Gasteiger partial charge in [-0.25, -0.2) is 4.57 Å². The van der Waals surface area contributed by atoms with Crippen molar-refractivity contribution in [2.24, 2.45) is 13.0 Å². The molecule has 2 aromatic rings. The smallest absolute Gasteiger partial charge is 0.201 e. The first kappa shape index (κ1) is 19.9. The Hall–Kier alpha value is -1.41. The van der Waals surface area contributed by atoms with Crippen molar-refractivity contribution in [2.45, 2.75) is 66.6 Å². The molecule has 0 saturated carbocycles. The van der Waals surface area contributed by atoms with Gasteiger partial charge in [-0.15, -0.1) is 0 Å². The minimum Gasteiger partial charge on any atom is -0.201 e. The van der Waals surface area contributed by atoms with E-state index < -0.39 is 8.07 Å². The summed E-state index contributed by atoms with van der Waals surface area (Å²) >= 11 is 0. The van der Waals surface area contributed by atoms with Gasteiger partial charge in [0.1, 0.15) is 7.05 Å². The van der Waals surface area contributed by atoms with Gasteiger partial charge in [0.15, 0.2) is 6.20 Å². The number of nitrogens with zero attached hydrogens (tertiary/aromatic N) is 1. The van der Waals surface area contributed by atoms with Crippen molar-refractivity contribution in [2.75, 3.05) is 0 Å². The standard InChI is InChI=1S/C23H36NSi/c1-16(2)12-19-10-11-20(18(5)13-19)22-14-21(17(3)4)23(15-24(22)6)25(7,8)9/h10-11,13-17H,12H2,1-9H3/q+1. The van der Waals surface area contributed by atoms with Crippen molar-refractivity contribution >= 4 is 13.3 Å². The first-order valence-electron chi connectivity index (χ1n) is 9.64. The van der Waals surface area contributed by atoms with E-state index in [1.807, 2.05) is 0 Å². The van der Waals surface area contributed by atoms with E-state index in [1.165, 1.54) is 27.9 Å². The van der Waals surface area contributed by atoms with Crippen LogP contribution >= 0.6 is 0 Å². The molecular weight excluding hydrogens is 318 g/mol. The molecule has 1 aromatic heterocycles. The summed E-state index contributed by atoms with van der Waals surface area (Å²) in [4.78, 5) is 0. The van der Waals surface area contributed by atoms with Crippen LogP contribution in [0.1, 0.15) is 50.3 Å². The maximum Gasteiger partial charge on any atom is 0.212 e. The molecule has 2 heteroatoms. The average Bonchev–Trinajstić information content (AvgIpc) is 2.45. The van der Waals surface area contributed by atoms with Gasteiger partial charge >= 0.3 is 0 Å². The van der Waals surface area contributed by atoms with Gasteiger partial charge in [0, 0.05) is 16.8 Å². The van der Waals surface area contributed by atoms with Crippen LogP contribution in [0.3, 0.4) is 0 Å². The predicted octanol–water partition coefficient (Wildman–Crippen LogP) is 5.35. The molecule has 0 bridgehead atoms. The summed E-state index contributed by atoms with van der Waals surface area (Å²) in [6.07, 6.45) is 3.55. The zero-order valence-electron chi connectivity index (χ0n) is 17.7. The first-order chi connectivity index (χ1) is 11.5. The van der Waals surface area contributed by atoms with Crippen LogP contribution in [0.4, 0.5) is 0 Å². The Morgan fingerprint density at radius 3 is 2.12 bits per heavy atom. The molecule has 1 aromatic carbocycles. The van der Waals surface area contributed by atoms with Gasteiger partial charge in [-0.05, 0) is 47.9 Å². The van der Waals surface area contributed by atoms with Crippen LogP contribution in [0.2, 0.25) is 19.6 Å². The predicted molar refractivity (Wildman–Crippen MR) is 113 cm³/mol. The molecule has 0 N–H and O–H groups in total. The number of pyridine rings is 1. The second-order valence-electron chi connectivity index (χ2n) is 9.29. The van der Waals surface area contributed by atoms with Gasteiger partial charge in [-0.3, -0.25) is 0 Å². The second-order valence-corrected chi connectivity index (χ2v) is 14.3. The third kappa shape index (κ3) is 4.61. The number of rotatable bonds is 5. The molecule has 25 heavy (non-hydrogen) atoms. The Balaban J connectivity index is 2.58. The molecule has 0 atom stereocenters. The maximum atomic E-state index is 2.45. The van der Waals surface area contributed by atoms with Crippen LogP contribution in [0.25, 0.3) is 11.3 Å². The molecule has 0 aliphatic heterocycles. The van der Waals surface area contributed by atoms with E-state index in [-0.39, 0.29) is 0 Å². The van der Waals surface area contributed by atoms with Crippen LogP contribution in [0, 0.1) is 12.8 Å². The summed E-state index contributed by atoms with van der Waals surface area (Å²) in [5.74, 6) is 1.26. The Kier molecular flexibility index (Phi) is 5.93. The number of benzene rings is 1. The minimum absolute atomic E-state index is 0.558. The Morgan fingerprint density at radius 2 is 1.64 bits per heavy atom. The molecule has 1 nitrogen and oxygen atoms in total. The highest BCUT2D eigenvalue weighted by molar-refractivity contribution is 6.89. The number of hydrogen-bond donors (Lipinski definition) is 0. The molecule has 0 unspecified atom stereocenters. The molecule has 0 aliphatic carbocycles. The quantitative estimate of drug-likeness (QED) is 0.503. The van der Waals surface area contributed by atoms with E-state index >= 15 is 0 Å². The second kappa shape index (κ2) is 7.45. The first-order valence-corrected chi connectivity index (χ1v) is 13.1. The maximum absolute atomic E-state index is 2.45. The van der Waals surface area contributed by atoms with Crippen LogP contribution < -0.4 is 9.75 Å². The average molecular weight is 355 g/mol. The van der Waals surface area contributed by atoms with E-state index in [0.717, 1.165) is 6.42 Å². The highest BCUT2D eigenvalue weighted by atomic mass is 28.3. The number of aryl methyl sites for hydroxylation is 2. The van der Waals surface area contributed by atoms with E-state index in [1.54, 1.807) is 5.19 Å². The van der Waals surface area contributed by atoms with Gasteiger partial charge in [0.25, 0.3) is 0 Å². The minimum atomic E-state index is -1.36. The lowest BCUT2D eigenvalue weighted by Gasteiger charge is -2.22. The SMILES string of the molecule is Cc1cc(CC(C)C)ccc1-c1cc(C(C)C)c([Si](C)(C)C)c[n+]1C. The van der Waals surface area contributed by atoms with E-state index in [4.69, 9.17) is 0 Å². The third-order valence-corrected chi connectivity index (χ3v) is 6.98. The third-order valence-electron chi connectivity index (χ3n) is 4.95. The lowest BCUT2D eigenvalue weighted by molar-refractivity contribution is -0.659. The van der Waals surface area contributed by atoms with E-state index in [0.29, 0.717) is 11.8 Å². The normalized spacial score (nSPS) is 12.3. The molecule has 0 spiro atoms. The van der Waals surface area contributed by atoms with Crippen LogP contribution in [0.5, 0.6) is 0 Å². The zero-order chi connectivity index (χ0) is 18.9. The Labute approximate surface area is 156 Å². The van der Waals surface area contributed by atoms with Crippen molar-refractivity contribution in [3.63, 3.8) is 0 Å². The molecule has 1 heterocycles. The molecular formula is C23H36NSi+. The fourth-order valence-electron chi connectivity index (χ4n) is 3.65. The number of hydrogen-bond acceptors (Lipinski definition) is 0. The summed E-state index contributed by atoms with van der Waals surface area (Å²) in [5, 5.41) is 1.59. The summed E-state index contributed by atoms with van der Waals surface area (Å²) in [7, 11) is 0.841. The summed E-state index contributed by atoms with van der Waals surface area (Å²) in [5.41, 5.74) is 7.04. The van der Waals surface area contributed by atoms with Crippen molar-refractivity contribution in [3.05, 3.63) is 47.2 Å². The van der Waals surface area contributed by atoms with Crippen molar-refractivity contribution in [1.82, 2.24) is 0 Å². The monoisotopic (exact) mass is 354 g/mol. The molecule has 0 amide bonds. The van der Waals surface area contributed by atoms with Crippen LogP contribution in [0.15, 0.2) is 30.5 Å². The highest BCUT2D eigenvalue weighted by Gasteiger charge is 2.27. The van der Waals surface area contributed by atoms with Gasteiger partial charge in [0.2, 0.25) is 5.69 Å². The highest BCUT2D eigenvalue weighted by Crippen LogP contribution is 2.26. The van der Waals surface area contributed by atoms with E-state index in [9.17, 15) is 0 Å². The molecule has 2 rings (SSSR count). The molecule has 0 radical (unpaired) electrons. The van der Waals surface area contributed by atoms with E-state index in [2.05, 4.69) is 96.3 Å². The van der Waals surface area contributed by atoms with Gasteiger partial charge in [-0.1, -0.05) is 59.5 Å². The van der Waals surface area contributed by atoms with Crippen molar-refractivity contribution in [3.8, 4) is 11.3 Å². The van der Waals surface area contributed by atoms with Crippen LogP contribution in [-0.2, 0) is 13.5 Å². The topological polar surface area (TPSA) is 3.88 Å². The van der Waals surface area contributed by atoms with Gasteiger partial charge in [-0.2, -0.15) is 0 Å². The largest absolute Gasteiger partial charge is 0.212 e. The molecule has 0 aliphatic rings. The van der Waals surface area contributed by atoms with Crippen molar-refractivity contribution < 1.29 is 4.57 Å². The molecule has 0 fully saturated rings. The zero-order valence-corrected chi connectivity index (χ0v) is 18.7. The molecule has 136 valence electrons.